The first-order valence-electron chi connectivity index (χ1n) is 10.1. The van der Waals surface area contributed by atoms with Crippen LogP contribution in [0.5, 0.6) is 0 Å². The van der Waals surface area contributed by atoms with Crippen molar-refractivity contribution in [3.63, 3.8) is 0 Å². The van der Waals surface area contributed by atoms with Crippen molar-refractivity contribution < 1.29 is 9.59 Å². The molecule has 148 valence electrons. The first-order valence-corrected chi connectivity index (χ1v) is 11.9. The lowest BCUT2D eigenvalue weighted by molar-refractivity contribution is -0.134. The molecule has 1 atom stereocenters. The maximum Gasteiger partial charge on any atom is 0.264 e. The highest BCUT2D eigenvalue weighted by molar-refractivity contribution is 7.12. The van der Waals surface area contributed by atoms with Crippen LogP contribution in [0.2, 0.25) is 0 Å². The molecule has 2 aliphatic heterocycles. The molecule has 7 heteroatoms. The minimum absolute atomic E-state index is 0.0944. The Balaban J connectivity index is 1.19. The summed E-state index contributed by atoms with van der Waals surface area (Å²) in [6.45, 7) is 4.03. The second-order valence-corrected chi connectivity index (χ2v) is 9.90. The standard InChI is InChI=1S/C21H25N3O2S2/c25-19(22-8-10-23(11-9-22)21(26)18-2-1-12-27-18)14-24-7-5-17-16(6-13-28-17)20(24)15-3-4-15/h1-2,6,12-13,15,20H,3-5,7-11,14H2/t20-/m0/s1. The molecule has 4 heterocycles. The van der Waals surface area contributed by atoms with Crippen LogP contribution in [-0.2, 0) is 11.2 Å². The fourth-order valence-electron chi connectivity index (χ4n) is 4.53. The molecule has 2 fully saturated rings. The maximum absolute atomic E-state index is 13.0. The summed E-state index contributed by atoms with van der Waals surface area (Å²) < 4.78 is 0. The van der Waals surface area contributed by atoms with Crippen LogP contribution in [-0.4, -0.2) is 65.8 Å². The van der Waals surface area contributed by atoms with E-state index in [1.54, 1.807) is 0 Å². The van der Waals surface area contributed by atoms with Crippen molar-refractivity contribution in [3.8, 4) is 0 Å². The van der Waals surface area contributed by atoms with E-state index in [0.29, 0.717) is 38.8 Å². The molecule has 0 unspecified atom stereocenters. The summed E-state index contributed by atoms with van der Waals surface area (Å²) in [4.78, 5) is 34.0. The van der Waals surface area contributed by atoms with Gasteiger partial charge in [-0.1, -0.05) is 6.07 Å². The number of carbonyl (C=O) groups is 2. The van der Waals surface area contributed by atoms with Crippen molar-refractivity contribution >= 4 is 34.5 Å². The van der Waals surface area contributed by atoms with Crippen molar-refractivity contribution in [2.75, 3.05) is 39.3 Å². The molecule has 3 aliphatic rings. The highest BCUT2D eigenvalue weighted by atomic mass is 32.1. The zero-order valence-corrected chi connectivity index (χ0v) is 17.5. The predicted molar refractivity (Wildman–Crippen MR) is 112 cm³/mol. The summed E-state index contributed by atoms with van der Waals surface area (Å²) in [7, 11) is 0. The molecule has 5 nitrogen and oxygen atoms in total. The van der Waals surface area contributed by atoms with Crippen molar-refractivity contribution in [3.05, 3.63) is 44.3 Å². The van der Waals surface area contributed by atoms with Gasteiger partial charge in [0.25, 0.3) is 5.91 Å². The van der Waals surface area contributed by atoms with E-state index in [9.17, 15) is 9.59 Å². The molecule has 0 bridgehead atoms. The number of hydrogen-bond acceptors (Lipinski definition) is 5. The third kappa shape index (κ3) is 3.51. The number of rotatable bonds is 4. The molecule has 0 N–H and O–H groups in total. The van der Waals surface area contributed by atoms with Gasteiger partial charge in [-0.15, -0.1) is 22.7 Å². The van der Waals surface area contributed by atoms with Gasteiger partial charge in [0.1, 0.15) is 0 Å². The van der Waals surface area contributed by atoms with Gasteiger partial charge in [-0.2, -0.15) is 0 Å². The van der Waals surface area contributed by atoms with E-state index in [1.165, 1.54) is 34.6 Å². The highest BCUT2D eigenvalue weighted by Gasteiger charge is 2.41. The largest absolute Gasteiger partial charge is 0.338 e. The Morgan fingerprint density at radius 3 is 2.46 bits per heavy atom. The summed E-state index contributed by atoms with van der Waals surface area (Å²) in [6, 6.07) is 6.48. The second-order valence-electron chi connectivity index (χ2n) is 7.95. The third-order valence-electron chi connectivity index (χ3n) is 6.18. The fraction of sp³-hybridized carbons (Fsp3) is 0.524. The lowest BCUT2D eigenvalue weighted by Crippen LogP contribution is -2.53. The molecule has 2 aromatic rings. The number of nitrogens with zero attached hydrogens (tertiary/aromatic N) is 3. The lowest BCUT2D eigenvalue weighted by Gasteiger charge is -2.39. The summed E-state index contributed by atoms with van der Waals surface area (Å²) in [6.07, 6.45) is 3.63. The van der Waals surface area contributed by atoms with Crippen LogP contribution in [0.3, 0.4) is 0 Å². The number of fused-ring (bicyclic) bond motifs is 1. The van der Waals surface area contributed by atoms with E-state index in [2.05, 4.69) is 16.3 Å². The SMILES string of the molecule is O=C(CN1CCc2sccc2[C@@H]1C1CC1)N1CCN(C(=O)c2cccs2)CC1. The van der Waals surface area contributed by atoms with E-state index >= 15 is 0 Å². The molecule has 2 amide bonds. The van der Waals surface area contributed by atoms with Gasteiger partial charge in [-0.3, -0.25) is 14.5 Å². The zero-order valence-electron chi connectivity index (χ0n) is 15.9. The number of thiophene rings is 2. The Labute approximate surface area is 173 Å². The number of carbonyl (C=O) groups excluding carboxylic acids is 2. The first kappa shape index (κ1) is 18.3. The van der Waals surface area contributed by atoms with Crippen LogP contribution in [0.25, 0.3) is 0 Å². The molecular weight excluding hydrogens is 390 g/mol. The Morgan fingerprint density at radius 2 is 1.75 bits per heavy atom. The van der Waals surface area contributed by atoms with E-state index in [4.69, 9.17) is 0 Å². The molecule has 2 aromatic heterocycles. The van der Waals surface area contributed by atoms with Gasteiger partial charge >= 0.3 is 0 Å². The fourth-order valence-corrected chi connectivity index (χ4v) is 6.13. The summed E-state index contributed by atoms with van der Waals surface area (Å²) in [5, 5.41) is 4.13. The normalized spacial score (nSPS) is 22.9. The Bertz CT molecular complexity index is 851. The molecule has 1 saturated carbocycles. The van der Waals surface area contributed by atoms with Gasteiger partial charge in [0.2, 0.25) is 5.91 Å². The topological polar surface area (TPSA) is 43.9 Å². The molecule has 1 saturated heterocycles. The van der Waals surface area contributed by atoms with Crippen molar-refractivity contribution in [1.82, 2.24) is 14.7 Å². The van der Waals surface area contributed by atoms with Gasteiger partial charge in [-0.05, 0) is 53.6 Å². The highest BCUT2D eigenvalue weighted by Crippen LogP contribution is 2.48. The third-order valence-corrected chi connectivity index (χ3v) is 8.03. The summed E-state index contributed by atoms with van der Waals surface area (Å²) in [5.41, 5.74) is 1.47. The van der Waals surface area contributed by atoms with Crippen molar-refractivity contribution in [1.29, 1.82) is 0 Å². The minimum atomic E-state index is 0.0944. The van der Waals surface area contributed by atoms with Crippen LogP contribution in [0.15, 0.2) is 29.0 Å². The molecule has 0 radical (unpaired) electrons. The van der Waals surface area contributed by atoms with Crippen molar-refractivity contribution in [2.24, 2.45) is 5.92 Å². The molecular formula is C21H25N3O2S2. The lowest BCUT2D eigenvalue weighted by atomic mass is 9.96. The molecule has 0 aromatic carbocycles. The van der Waals surface area contributed by atoms with E-state index in [0.717, 1.165) is 23.8 Å². The average Bonchev–Trinajstić information content (AvgIpc) is 3.19. The summed E-state index contributed by atoms with van der Waals surface area (Å²) >= 11 is 3.35. The quantitative estimate of drug-likeness (QED) is 0.771. The Kier molecular flexibility index (Phi) is 4.99. The predicted octanol–water partition coefficient (Wildman–Crippen LogP) is 3.10. The average molecular weight is 416 g/mol. The van der Waals surface area contributed by atoms with Gasteiger partial charge in [0.05, 0.1) is 11.4 Å². The van der Waals surface area contributed by atoms with Crippen LogP contribution in [0, 0.1) is 5.92 Å². The van der Waals surface area contributed by atoms with Gasteiger partial charge < -0.3 is 9.80 Å². The van der Waals surface area contributed by atoms with Crippen LogP contribution >= 0.6 is 22.7 Å². The van der Waals surface area contributed by atoms with Crippen molar-refractivity contribution in [2.45, 2.75) is 25.3 Å². The molecule has 1 aliphatic carbocycles. The first-order chi connectivity index (χ1) is 13.7. The minimum Gasteiger partial charge on any atom is -0.338 e. The monoisotopic (exact) mass is 415 g/mol. The van der Waals surface area contributed by atoms with Crippen LogP contribution in [0.1, 0.15) is 39.0 Å². The van der Waals surface area contributed by atoms with E-state index in [-0.39, 0.29) is 11.8 Å². The maximum atomic E-state index is 13.0. The number of piperazine rings is 1. The Hall–Kier alpha value is -1.70. The second kappa shape index (κ2) is 7.61. The smallest absolute Gasteiger partial charge is 0.264 e. The van der Waals surface area contributed by atoms with Crippen LogP contribution in [0.4, 0.5) is 0 Å². The van der Waals surface area contributed by atoms with Gasteiger partial charge in [0, 0.05) is 43.6 Å². The zero-order chi connectivity index (χ0) is 19.1. The number of amides is 2. The Morgan fingerprint density at radius 1 is 0.964 bits per heavy atom. The van der Waals surface area contributed by atoms with E-state index < -0.39 is 0 Å². The molecule has 5 rings (SSSR count). The number of hydrogen-bond donors (Lipinski definition) is 0. The van der Waals surface area contributed by atoms with Gasteiger partial charge in [0.15, 0.2) is 0 Å². The molecule has 0 spiro atoms. The van der Waals surface area contributed by atoms with E-state index in [1.807, 2.05) is 38.6 Å². The molecule has 28 heavy (non-hydrogen) atoms. The summed E-state index contributed by atoms with van der Waals surface area (Å²) in [5.74, 6) is 1.03. The van der Waals surface area contributed by atoms with Gasteiger partial charge in [-0.25, -0.2) is 0 Å². The van der Waals surface area contributed by atoms with Crippen LogP contribution < -0.4 is 0 Å².